The molecule has 1 saturated carbocycles. The lowest BCUT2D eigenvalue weighted by molar-refractivity contribution is -0.132. The molecule has 1 amide bonds. The Labute approximate surface area is 138 Å². The van der Waals surface area contributed by atoms with Crippen LogP contribution in [-0.2, 0) is 11.3 Å². The van der Waals surface area contributed by atoms with Gasteiger partial charge in [-0.3, -0.25) is 4.79 Å². The predicted octanol–water partition coefficient (Wildman–Crippen LogP) is 3.51. The topological polar surface area (TPSA) is 59.2 Å². The van der Waals surface area contributed by atoms with Gasteiger partial charge in [0.2, 0.25) is 17.7 Å². The van der Waals surface area contributed by atoms with Crippen LogP contribution in [0.15, 0.2) is 28.7 Å². The van der Waals surface area contributed by atoms with Gasteiger partial charge in [-0.1, -0.05) is 23.7 Å². The van der Waals surface area contributed by atoms with Gasteiger partial charge in [0, 0.05) is 6.04 Å². The van der Waals surface area contributed by atoms with E-state index in [-0.39, 0.29) is 18.5 Å². The summed E-state index contributed by atoms with van der Waals surface area (Å²) in [4.78, 5) is 13.9. The Morgan fingerprint density at radius 2 is 2.14 bits per heavy atom. The summed E-state index contributed by atoms with van der Waals surface area (Å²) in [6.45, 7) is 1.94. The summed E-state index contributed by atoms with van der Waals surface area (Å²) in [5.41, 5.74) is 0.679. The fourth-order valence-corrected chi connectivity index (χ4v) is 2.55. The molecule has 0 radical (unpaired) electrons. The second-order valence-corrected chi connectivity index (χ2v) is 6.36. The fourth-order valence-electron chi connectivity index (χ4n) is 2.21. The van der Waals surface area contributed by atoms with E-state index >= 15 is 0 Å². The van der Waals surface area contributed by atoms with E-state index in [1.807, 2.05) is 18.2 Å². The van der Waals surface area contributed by atoms with Crippen molar-refractivity contribution in [2.75, 3.05) is 0 Å². The molecule has 0 N–H and O–H groups in total. The third-order valence-electron chi connectivity index (χ3n) is 3.49. The highest BCUT2D eigenvalue weighted by molar-refractivity contribution is 6.33. The molecule has 1 fully saturated rings. The van der Waals surface area contributed by atoms with E-state index in [2.05, 4.69) is 10.2 Å². The minimum Gasteiger partial charge on any atom is -0.419 e. The standard InChI is InChI=1S/C15H15Cl2N3O2/c1-9(16)15(21)20(10-6-7-10)8-13-18-19-14(22-13)11-4-2-3-5-12(11)17/h2-5,9-10H,6-8H2,1H3. The first-order valence-corrected chi connectivity index (χ1v) is 7.89. The SMILES string of the molecule is CC(Cl)C(=O)N(Cc1nnc(-c2ccccc2Cl)o1)C1CC1. The van der Waals surface area contributed by atoms with Crippen molar-refractivity contribution in [1.29, 1.82) is 0 Å². The maximum atomic E-state index is 12.1. The molecule has 116 valence electrons. The molecule has 0 spiro atoms. The molecule has 2 aromatic rings. The van der Waals surface area contributed by atoms with Crippen molar-refractivity contribution in [2.45, 2.75) is 37.7 Å². The number of amides is 1. The molecule has 1 atom stereocenters. The van der Waals surface area contributed by atoms with Crippen molar-refractivity contribution in [1.82, 2.24) is 15.1 Å². The number of hydrogen-bond acceptors (Lipinski definition) is 4. The summed E-state index contributed by atoms with van der Waals surface area (Å²) in [5, 5.41) is 8.01. The molecular formula is C15H15Cl2N3O2. The van der Waals surface area contributed by atoms with Gasteiger partial charge in [-0.15, -0.1) is 21.8 Å². The first-order chi connectivity index (χ1) is 10.6. The molecule has 0 saturated heterocycles. The zero-order chi connectivity index (χ0) is 15.7. The summed E-state index contributed by atoms with van der Waals surface area (Å²) >= 11 is 12.0. The van der Waals surface area contributed by atoms with Crippen LogP contribution in [0.5, 0.6) is 0 Å². The Kier molecular flexibility index (Phi) is 4.36. The van der Waals surface area contributed by atoms with Crippen LogP contribution in [-0.4, -0.2) is 32.4 Å². The van der Waals surface area contributed by atoms with Crippen LogP contribution in [0.3, 0.4) is 0 Å². The summed E-state index contributed by atoms with van der Waals surface area (Å²) < 4.78 is 5.65. The van der Waals surface area contributed by atoms with Crippen molar-refractivity contribution in [3.8, 4) is 11.5 Å². The van der Waals surface area contributed by atoms with E-state index in [4.69, 9.17) is 27.6 Å². The van der Waals surface area contributed by atoms with E-state index in [0.29, 0.717) is 22.4 Å². The van der Waals surface area contributed by atoms with Crippen LogP contribution >= 0.6 is 23.2 Å². The maximum absolute atomic E-state index is 12.1. The highest BCUT2D eigenvalue weighted by Gasteiger charge is 2.35. The molecule has 1 aromatic carbocycles. The van der Waals surface area contributed by atoms with Crippen LogP contribution in [0.25, 0.3) is 11.5 Å². The highest BCUT2D eigenvalue weighted by Crippen LogP contribution is 2.30. The van der Waals surface area contributed by atoms with Gasteiger partial charge in [0.05, 0.1) is 17.1 Å². The van der Waals surface area contributed by atoms with Crippen molar-refractivity contribution in [3.63, 3.8) is 0 Å². The monoisotopic (exact) mass is 339 g/mol. The molecule has 1 aliphatic rings. The molecule has 1 aliphatic carbocycles. The molecule has 7 heteroatoms. The first-order valence-electron chi connectivity index (χ1n) is 7.08. The lowest BCUT2D eigenvalue weighted by atomic mass is 10.2. The predicted molar refractivity (Wildman–Crippen MR) is 83.6 cm³/mol. The van der Waals surface area contributed by atoms with E-state index in [9.17, 15) is 4.79 Å². The normalized spacial score (nSPS) is 15.6. The van der Waals surface area contributed by atoms with Gasteiger partial charge < -0.3 is 9.32 Å². The van der Waals surface area contributed by atoms with Gasteiger partial charge in [-0.05, 0) is 31.9 Å². The number of halogens is 2. The molecule has 3 rings (SSSR count). The Morgan fingerprint density at radius 1 is 1.41 bits per heavy atom. The number of benzene rings is 1. The van der Waals surface area contributed by atoms with Gasteiger partial charge >= 0.3 is 0 Å². The van der Waals surface area contributed by atoms with Gasteiger partial charge in [-0.25, -0.2) is 0 Å². The Bertz CT molecular complexity index is 683. The number of rotatable bonds is 5. The Morgan fingerprint density at radius 3 is 2.77 bits per heavy atom. The smallest absolute Gasteiger partial charge is 0.249 e. The van der Waals surface area contributed by atoms with Crippen LogP contribution in [0, 0.1) is 0 Å². The highest BCUT2D eigenvalue weighted by atomic mass is 35.5. The Balaban J connectivity index is 1.79. The minimum absolute atomic E-state index is 0.110. The van der Waals surface area contributed by atoms with Crippen molar-refractivity contribution >= 4 is 29.1 Å². The van der Waals surface area contributed by atoms with E-state index < -0.39 is 5.38 Å². The van der Waals surface area contributed by atoms with Crippen LogP contribution < -0.4 is 0 Å². The third kappa shape index (κ3) is 3.25. The van der Waals surface area contributed by atoms with Crippen LogP contribution in [0.4, 0.5) is 0 Å². The van der Waals surface area contributed by atoms with Gasteiger partial charge in [0.25, 0.3) is 0 Å². The molecule has 22 heavy (non-hydrogen) atoms. The minimum atomic E-state index is -0.563. The van der Waals surface area contributed by atoms with Crippen molar-refractivity contribution < 1.29 is 9.21 Å². The lowest BCUT2D eigenvalue weighted by Crippen LogP contribution is -2.37. The average molecular weight is 340 g/mol. The van der Waals surface area contributed by atoms with Crippen molar-refractivity contribution in [3.05, 3.63) is 35.2 Å². The number of carbonyl (C=O) groups is 1. The van der Waals surface area contributed by atoms with Gasteiger partial charge in [-0.2, -0.15) is 0 Å². The molecule has 1 heterocycles. The summed E-state index contributed by atoms with van der Waals surface area (Å²) in [6.07, 6.45) is 1.97. The number of alkyl halides is 1. The quantitative estimate of drug-likeness (QED) is 0.782. The van der Waals surface area contributed by atoms with E-state index in [0.717, 1.165) is 12.8 Å². The van der Waals surface area contributed by atoms with Crippen LogP contribution in [0.2, 0.25) is 5.02 Å². The molecule has 5 nitrogen and oxygen atoms in total. The third-order valence-corrected chi connectivity index (χ3v) is 4.00. The van der Waals surface area contributed by atoms with E-state index in [1.165, 1.54) is 0 Å². The largest absolute Gasteiger partial charge is 0.419 e. The maximum Gasteiger partial charge on any atom is 0.249 e. The van der Waals surface area contributed by atoms with Gasteiger partial charge in [0.1, 0.15) is 5.38 Å². The average Bonchev–Trinajstić information content (AvgIpc) is 3.23. The fraction of sp³-hybridized carbons (Fsp3) is 0.400. The number of aromatic nitrogens is 2. The van der Waals surface area contributed by atoms with E-state index in [1.54, 1.807) is 17.9 Å². The lowest BCUT2D eigenvalue weighted by Gasteiger charge is -2.21. The number of carbonyl (C=O) groups excluding carboxylic acids is 1. The number of nitrogens with zero attached hydrogens (tertiary/aromatic N) is 3. The molecular weight excluding hydrogens is 325 g/mol. The van der Waals surface area contributed by atoms with Crippen molar-refractivity contribution in [2.24, 2.45) is 0 Å². The van der Waals surface area contributed by atoms with Gasteiger partial charge in [0.15, 0.2) is 0 Å². The summed E-state index contributed by atoms with van der Waals surface area (Å²) in [6, 6.07) is 7.48. The Hall–Kier alpha value is -1.59. The summed E-state index contributed by atoms with van der Waals surface area (Å²) in [7, 11) is 0. The zero-order valence-corrected chi connectivity index (χ0v) is 13.5. The molecule has 0 aliphatic heterocycles. The molecule has 1 unspecified atom stereocenters. The summed E-state index contributed by atoms with van der Waals surface area (Å²) in [5.74, 6) is 0.622. The van der Waals surface area contributed by atoms with Crippen LogP contribution in [0.1, 0.15) is 25.7 Å². The first kappa shape index (κ1) is 15.3. The molecule has 1 aromatic heterocycles. The second-order valence-electron chi connectivity index (χ2n) is 5.29. The second kappa shape index (κ2) is 6.26. The zero-order valence-electron chi connectivity index (χ0n) is 12.0. The number of hydrogen-bond donors (Lipinski definition) is 0. The molecule has 0 bridgehead atoms.